The van der Waals surface area contributed by atoms with Crippen molar-refractivity contribution in [3.63, 3.8) is 0 Å². The number of hydrogen-bond acceptors (Lipinski definition) is 8. The van der Waals surface area contributed by atoms with Gasteiger partial charge in [0.25, 0.3) is 0 Å². The Labute approximate surface area is 211 Å². The van der Waals surface area contributed by atoms with Crippen LogP contribution in [0.5, 0.6) is 0 Å². The van der Waals surface area contributed by atoms with Gasteiger partial charge >= 0.3 is 0 Å². The summed E-state index contributed by atoms with van der Waals surface area (Å²) in [6.07, 6.45) is 12.1. The molecule has 3 N–H and O–H groups in total. The molecule has 0 unspecified atom stereocenters. The number of H-pyrrole nitrogens is 2. The number of nitrogens with zero attached hydrogens (tertiary/aromatic N) is 7. The second-order valence-corrected chi connectivity index (χ2v) is 8.84. The van der Waals surface area contributed by atoms with Crippen molar-refractivity contribution in [3.05, 3.63) is 67.6 Å². The summed E-state index contributed by atoms with van der Waals surface area (Å²) in [5.41, 5.74) is 7.00. The molecule has 0 saturated carbocycles. The second-order valence-electron chi connectivity index (χ2n) is 8.84. The van der Waals surface area contributed by atoms with Gasteiger partial charge in [-0.2, -0.15) is 5.10 Å². The molecule has 6 aromatic rings. The van der Waals surface area contributed by atoms with Crippen LogP contribution in [0.2, 0.25) is 0 Å². The smallest absolute Gasteiger partial charge is 0.238 e. The quantitative estimate of drug-likeness (QED) is 0.322. The molecule has 6 heterocycles. The Kier molecular flexibility index (Phi) is 5.58. The van der Waals surface area contributed by atoms with Crippen LogP contribution in [-0.4, -0.2) is 71.5 Å². The number of fused-ring (bicyclic) bond motifs is 2. The van der Waals surface area contributed by atoms with E-state index in [2.05, 4.69) is 40.4 Å². The number of carbonyl (C=O) groups is 1. The predicted octanol–water partition coefficient (Wildman–Crippen LogP) is 3.52. The van der Waals surface area contributed by atoms with Crippen LogP contribution in [0.4, 0.5) is 5.69 Å². The van der Waals surface area contributed by atoms with Crippen molar-refractivity contribution in [2.75, 3.05) is 26.0 Å². The van der Waals surface area contributed by atoms with Crippen LogP contribution in [0, 0.1) is 0 Å². The molecule has 0 aliphatic carbocycles. The van der Waals surface area contributed by atoms with Crippen molar-refractivity contribution in [1.82, 2.24) is 45.0 Å². The Bertz CT molecular complexity index is 1740. The molecule has 11 heteroatoms. The summed E-state index contributed by atoms with van der Waals surface area (Å²) < 4.78 is 0. The first-order chi connectivity index (χ1) is 18.0. The average molecular weight is 491 g/mol. The van der Waals surface area contributed by atoms with Crippen molar-refractivity contribution in [2.45, 2.75) is 0 Å². The lowest BCUT2D eigenvalue weighted by Crippen LogP contribution is -2.27. The van der Waals surface area contributed by atoms with Gasteiger partial charge in [-0.25, -0.2) is 4.98 Å². The Balaban J connectivity index is 1.38. The fraction of sp³-hybridized carbons (Fsp3) is 0.115. The van der Waals surface area contributed by atoms with Gasteiger partial charge in [0, 0.05) is 41.3 Å². The van der Waals surface area contributed by atoms with Crippen LogP contribution in [0.1, 0.15) is 0 Å². The number of aromatic amines is 2. The minimum absolute atomic E-state index is 0.116. The highest BCUT2D eigenvalue weighted by Crippen LogP contribution is 2.32. The zero-order valence-electron chi connectivity index (χ0n) is 20.1. The van der Waals surface area contributed by atoms with E-state index < -0.39 is 0 Å². The van der Waals surface area contributed by atoms with E-state index in [0.29, 0.717) is 22.9 Å². The molecule has 0 radical (unpaired) electrons. The number of likely N-dealkylation sites (N-methyl/N-ethyl adjacent to an activating group) is 1. The zero-order chi connectivity index (χ0) is 25.4. The number of carbonyl (C=O) groups excluding carboxylic acids is 1. The van der Waals surface area contributed by atoms with Gasteiger partial charge in [-0.05, 0) is 43.9 Å². The number of anilines is 1. The van der Waals surface area contributed by atoms with Crippen molar-refractivity contribution >= 4 is 33.5 Å². The summed E-state index contributed by atoms with van der Waals surface area (Å²) in [6.45, 7) is 0.280. The Morgan fingerprint density at radius 3 is 2.62 bits per heavy atom. The Morgan fingerprint density at radius 2 is 1.78 bits per heavy atom. The topological polar surface area (TPSA) is 141 Å². The highest BCUT2D eigenvalue weighted by molar-refractivity contribution is 5.97. The highest BCUT2D eigenvalue weighted by atomic mass is 16.2. The lowest BCUT2D eigenvalue weighted by molar-refractivity contribution is -0.116. The minimum atomic E-state index is -0.116. The highest BCUT2D eigenvalue weighted by Gasteiger charge is 2.17. The molecular formula is C26H22N10O. The average Bonchev–Trinajstić information content (AvgIpc) is 3.52. The molecule has 0 bridgehead atoms. The molecule has 0 aliphatic heterocycles. The molecule has 0 aliphatic rings. The predicted molar refractivity (Wildman–Crippen MR) is 140 cm³/mol. The van der Waals surface area contributed by atoms with Gasteiger partial charge < -0.3 is 15.2 Å². The molecule has 37 heavy (non-hydrogen) atoms. The normalized spacial score (nSPS) is 11.4. The maximum atomic E-state index is 12.2. The number of pyridine rings is 4. The lowest BCUT2D eigenvalue weighted by Gasteiger charge is -2.10. The summed E-state index contributed by atoms with van der Waals surface area (Å²) in [4.78, 5) is 39.5. The van der Waals surface area contributed by atoms with Crippen LogP contribution in [0.25, 0.3) is 55.8 Å². The molecule has 182 valence electrons. The molecule has 11 nitrogen and oxygen atoms in total. The number of amides is 1. The number of rotatable bonds is 6. The van der Waals surface area contributed by atoms with E-state index in [1.54, 1.807) is 48.3 Å². The SMILES string of the molecule is CN(C)CC(=O)Nc1cncc(-c2cc3c(-c4nc5c(-c6ccncc6)cncc5[nH]4)n[nH]c3cn2)c1. The molecule has 0 saturated heterocycles. The third kappa shape index (κ3) is 4.39. The fourth-order valence-electron chi connectivity index (χ4n) is 4.18. The second kappa shape index (κ2) is 9.21. The first-order valence-electron chi connectivity index (χ1n) is 11.5. The van der Waals surface area contributed by atoms with Crippen molar-refractivity contribution in [3.8, 4) is 33.9 Å². The minimum Gasteiger partial charge on any atom is -0.335 e. The molecule has 0 spiro atoms. The monoisotopic (exact) mass is 490 g/mol. The number of hydrogen-bond donors (Lipinski definition) is 3. The maximum absolute atomic E-state index is 12.2. The van der Waals surface area contributed by atoms with E-state index in [9.17, 15) is 4.79 Å². The van der Waals surface area contributed by atoms with Gasteiger partial charge in [0.1, 0.15) is 5.69 Å². The standard InChI is InChI=1S/C26H22N10O/c1-36(2)14-23(37)31-17-7-16(9-28-10-17)20-8-18-21(13-30-20)34-35-25(18)26-32-22-12-29-11-19(24(22)33-26)15-3-5-27-6-4-15/h3-13H,14H2,1-2H3,(H,31,37)(H,32,33)(H,34,35). The third-order valence-corrected chi connectivity index (χ3v) is 5.83. The summed E-state index contributed by atoms with van der Waals surface area (Å²) in [6, 6.07) is 7.64. The summed E-state index contributed by atoms with van der Waals surface area (Å²) in [5, 5.41) is 11.3. The van der Waals surface area contributed by atoms with Crippen LogP contribution in [0.3, 0.4) is 0 Å². The van der Waals surface area contributed by atoms with Crippen molar-refractivity contribution in [1.29, 1.82) is 0 Å². The molecule has 6 aromatic heterocycles. The van der Waals surface area contributed by atoms with Crippen LogP contribution in [-0.2, 0) is 4.79 Å². The van der Waals surface area contributed by atoms with Crippen molar-refractivity contribution in [2.24, 2.45) is 0 Å². The van der Waals surface area contributed by atoms with E-state index in [0.717, 1.165) is 38.6 Å². The summed E-state index contributed by atoms with van der Waals surface area (Å²) in [5.74, 6) is 0.500. The maximum Gasteiger partial charge on any atom is 0.238 e. The fourth-order valence-corrected chi connectivity index (χ4v) is 4.18. The van der Waals surface area contributed by atoms with E-state index >= 15 is 0 Å². The van der Waals surface area contributed by atoms with Gasteiger partial charge in [0.2, 0.25) is 5.91 Å². The Morgan fingerprint density at radius 1 is 0.946 bits per heavy atom. The van der Waals surface area contributed by atoms with Crippen LogP contribution >= 0.6 is 0 Å². The zero-order valence-corrected chi connectivity index (χ0v) is 20.1. The molecule has 6 rings (SSSR count). The van der Waals surface area contributed by atoms with Gasteiger partial charge in [0.05, 0.1) is 53.1 Å². The van der Waals surface area contributed by atoms with E-state index in [4.69, 9.17) is 4.98 Å². The first kappa shape index (κ1) is 22.4. The van der Waals surface area contributed by atoms with Crippen molar-refractivity contribution < 1.29 is 4.79 Å². The molecule has 0 fully saturated rings. The molecule has 1 amide bonds. The largest absolute Gasteiger partial charge is 0.335 e. The van der Waals surface area contributed by atoms with Crippen LogP contribution in [0.15, 0.2) is 67.6 Å². The van der Waals surface area contributed by atoms with E-state index in [-0.39, 0.29) is 12.5 Å². The van der Waals surface area contributed by atoms with E-state index in [1.165, 1.54) is 0 Å². The number of nitrogens with one attached hydrogen (secondary N) is 3. The van der Waals surface area contributed by atoms with Crippen LogP contribution < -0.4 is 5.32 Å². The number of aromatic nitrogens is 8. The molecule has 0 aromatic carbocycles. The first-order valence-corrected chi connectivity index (χ1v) is 11.5. The molecule has 0 atom stereocenters. The van der Waals surface area contributed by atoms with Gasteiger partial charge in [-0.1, -0.05) is 0 Å². The number of imidazole rings is 1. The summed E-state index contributed by atoms with van der Waals surface area (Å²) >= 11 is 0. The molecular weight excluding hydrogens is 468 g/mol. The summed E-state index contributed by atoms with van der Waals surface area (Å²) in [7, 11) is 3.68. The van der Waals surface area contributed by atoms with Gasteiger partial charge in [-0.3, -0.25) is 29.8 Å². The lowest BCUT2D eigenvalue weighted by atomic mass is 10.1. The van der Waals surface area contributed by atoms with Gasteiger partial charge in [-0.15, -0.1) is 0 Å². The third-order valence-electron chi connectivity index (χ3n) is 5.83. The Hall–Kier alpha value is -5.03. The van der Waals surface area contributed by atoms with Gasteiger partial charge in [0.15, 0.2) is 5.82 Å². The van der Waals surface area contributed by atoms with E-state index in [1.807, 2.05) is 38.4 Å².